The number of ether oxygens (including phenoxy) is 1. The molecule has 1 saturated heterocycles. The lowest BCUT2D eigenvalue weighted by Gasteiger charge is -1.92. The zero-order valence-electron chi connectivity index (χ0n) is 6.94. The van der Waals surface area contributed by atoms with Crippen LogP contribution < -0.4 is 0 Å². The molecule has 1 heterocycles. The zero-order valence-corrected chi connectivity index (χ0v) is 6.94. The lowest BCUT2D eigenvalue weighted by Crippen LogP contribution is -1.85. The molecule has 1 heteroatoms. The van der Waals surface area contributed by atoms with Crippen molar-refractivity contribution in [1.82, 2.24) is 0 Å². The predicted molar refractivity (Wildman–Crippen MR) is 48.9 cm³/mol. The molecule has 2 rings (SSSR count). The van der Waals surface area contributed by atoms with Gasteiger partial charge in [-0.25, -0.2) is 0 Å². The van der Waals surface area contributed by atoms with Gasteiger partial charge in [0.05, 0.1) is 6.10 Å². The van der Waals surface area contributed by atoms with E-state index < -0.39 is 0 Å². The van der Waals surface area contributed by atoms with Gasteiger partial charge in [0.1, 0.15) is 6.10 Å². The summed E-state index contributed by atoms with van der Waals surface area (Å²) in [4.78, 5) is 0. The Morgan fingerprint density at radius 2 is 2.08 bits per heavy atom. The molecule has 1 aliphatic rings. The molecule has 0 N–H and O–H groups in total. The second kappa shape index (κ2) is 3.11. The average molecular weight is 160 g/mol. The maximum atomic E-state index is 5.47. The Morgan fingerprint density at radius 1 is 1.33 bits per heavy atom. The van der Waals surface area contributed by atoms with Crippen LogP contribution >= 0.6 is 0 Å². The molecule has 12 heavy (non-hydrogen) atoms. The molecule has 0 saturated carbocycles. The molecule has 1 aromatic rings. The maximum Gasteiger partial charge on any atom is 0.109 e. The van der Waals surface area contributed by atoms with Gasteiger partial charge in [0.2, 0.25) is 0 Å². The summed E-state index contributed by atoms with van der Waals surface area (Å²) >= 11 is 0. The van der Waals surface area contributed by atoms with Crippen LogP contribution in [0, 0.1) is 0 Å². The van der Waals surface area contributed by atoms with Gasteiger partial charge in [0.15, 0.2) is 0 Å². The van der Waals surface area contributed by atoms with Crippen LogP contribution in [0.5, 0.6) is 0 Å². The highest BCUT2D eigenvalue weighted by molar-refractivity contribution is 5.22. The van der Waals surface area contributed by atoms with Gasteiger partial charge in [-0.1, -0.05) is 36.4 Å². The van der Waals surface area contributed by atoms with Gasteiger partial charge < -0.3 is 4.74 Å². The van der Waals surface area contributed by atoms with Crippen LogP contribution in [0.15, 0.2) is 43.0 Å². The monoisotopic (exact) mass is 160 g/mol. The molecule has 0 aromatic heterocycles. The minimum absolute atomic E-state index is 0.323. The summed E-state index contributed by atoms with van der Waals surface area (Å²) in [5, 5.41) is 0. The van der Waals surface area contributed by atoms with E-state index in [1.807, 2.05) is 24.3 Å². The van der Waals surface area contributed by atoms with E-state index in [0.717, 1.165) is 6.42 Å². The molecule has 62 valence electrons. The van der Waals surface area contributed by atoms with Crippen LogP contribution in [-0.2, 0) is 4.74 Å². The van der Waals surface area contributed by atoms with E-state index in [2.05, 4.69) is 18.7 Å². The summed E-state index contributed by atoms with van der Waals surface area (Å²) in [5.41, 5.74) is 1.28. The maximum absolute atomic E-state index is 5.47. The first-order valence-corrected chi connectivity index (χ1v) is 4.23. The molecule has 1 aromatic carbocycles. The predicted octanol–water partition coefficient (Wildman–Crippen LogP) is 2.70. The van der Waals surface area contributed by atoms with E-state index in [9.17, 15) is 0 Å². The summed E-state index contributed by atoms with van der Waals surface area (Å²) in [5.74, 6) is 0. The quantitative estimate of drug-likeness (QED) is 0.489. The van der Waals surface area contributed by atoms with Crippen LogP contribution in [0.1, 0.15) is 18.1 Å². The van der Waals surface area contributed by atoms with Gasteiger partial charge in [-0.2, -0.15) is 0 Å². The van der Waals surface area contributed by atoms with E-state index in [1.165, 1.54) is 5.56 Å². The third-order valence-corrected chi connectivity index (χ3v) is 2.11. The second-order valence-corrected chi connectivity index (χ2v) is 3.03. The molecule has 2 atom stereocenters. The Balaban J connectivity index is 2.01. The van der Waals surface area contributed by atoms with Gasteiger partial charge in [-0.3, -0.25) is 0 Å². The smallest absolute Gasteiger partial charge is 0.109 e. The molecule has 1 aliphatic heterocycles. The zero-order chi connectivity index (χ0) is 8.39. The van der Waals surface area contributed by atoms with Crippen LogP contribution in [0.3, 0.4) is 0 Å². The van der Waals surface area contributed by atoms with Gasteiger partial charge in [0, 0.05) is 0 Å². The van der Waals surface area contributed by atoms with E-state index in [4.69, 9.17) is 4.74 Å². The highest BCUT2D eigenvalue weighted by Crippen LogP contribution is 2.40. The van der Waals surface area contributed by atoms with Crippen molar-refractivity contribution in [1.29, 1.82) is 0 Å². The average Bonchev–Trinajstić information content (AvgIpc) is 2.87. The molecular formula is C11H12O. The summed E-state index contributed by atoms with van der Waals surface area (Å²) in [6.45, 7) is 3.69. The SMILES string of the molecule is C=CCC1OC1c1ccccc1. The van der Waals surface area contributed by atoms with E-state index in [0.29, 0.717) is 12.2 Å². The third-order valence-electron chi connectivity index (χ3n) is 2.11. The van der Waals surface area contributed by atoms with Crippen molar-refractivity contribution in [3.8, 4) is 0 Å². The Labute approximate surface area is 72.7 Å². The van der Waals surface area contributed by atoms with Crippen LogP contribution in [0.4, 0.5) is 0 Å². The fourth-order valence-corrected chi connectivity index (χ4v) is 1.42. The first-order valence-electron chi connectivity index (χ1n) is 4.23. The highest BCUT2D eigenvalue weighted by atomic mass is 16.6. The summed E-state index contributed by atoms with van der Waals surface area (Å²) in [7, 11) is 0. The van der Waals surface area contributed by atoms with Crippen LogP contribution in [-0.4, -0.2) is 6.10 Å². The number of epoxide rings is 1. The fraction of sp³-hybridized carbons (Fsp3) is 0.273. The Hall–Kier alpha value is -1.08. The molecule has 0 amide bonds. The molecule has 1 nitrogen and oxygen atoms in total. The molecular weight excluding hydrogens is 148 g/mol. The third kappa shape index (κ3) is 1.41. The molecule has 0 aliphatic carbocycles. The van der Waals surface area contributed by atoms with E-state index in [-0.39, 0.29) is 0 Å². The normalized spacial score (nSPS) is 26.7. The number of rotatable bonds is 3. The van der Waals surface area contributed by atoms with Crippen molar-refractivity contribution >= 4 is 0 Å². The van der Waals surface area contributed by atoms with Crippen molar-refractivity contribution in [3.05, 3.63) is 48.6 Å². The number of benzene rings is 1. The van der Waals surface area contributed by atoms with Crippen LogP contribution in [0.2, 0.25) is 0 Å². The second-order valence-electron chi connectivity index (χ2n) is 3.03. The molecule has 2 unspecified atom stereocenters. The Kier molecular flexibility index (Phi) is 1.96. The van der Waals surface area contributed by atoms with Gasteiger partial charge in [-0.05, 0) is 12.0 Å². The van der Waals surface area contributed by atoms with Crippen molar-refractivity contribution < 1.29 is 4.74 Å². The molecule has 0 radical (unpaired) electrons. The lowest BCUT2D eigenvalue weighted by molar-refractivity contribution is 0.375. The van der Waals surface area contributed by atoms with Crippen LogP contribution in [0.25, 0.3) is 0 Å². The standard InChI is InChI=1S/C11H12O/c1-2-6-10-11(12-10)9-7-4-3-5-8-9/h2-5,7-8,10-11H,1,6H2. The van der Waals surface area contributed by atoms with Crippen molar-refractivity contribution in [2.45, 2.75) is 18.6 Å². The number of hydrogen-bond acceptors (Lipinski definition) is 1. The van der Waals surface area contributed by atoms with Gasteiger partial charge in [-0.15, -0.1) is 6.58 Å². The van der Waals surface area contributed by atoms with Crippen molar-refractivity contribution in [2.24, 2.45) is 0 Å². The summed E-state index contributed by atoms with van der Waals surface area (Å²) in [6.07, 6.45) is 3.57. The number of hydrogen-bond donors (Lipinski definition) is 0. The molecule has 0 bridgehead atoms. The lowest BCUT2D eigenvalue weighted by atomic mass is 10.1. The minimum atomic E-state index is 0.323. The van der Waals surface area contributed by atoms with E-state index in [1.54, 1.807) is 0 Å². The van der Waals surface area contributed by atoms with Crippen molar-refractivity contribution in [2.75, 3.05) is 0 Å². The summed E-state index contributed by atoms with van der Waals surface area (Å²) < 4.78 is 5.47. The van der Waals surface area contributed by atoms with Gasteiger partial charge >= 0.3 is 0 Å². The van der Waals surface area contributed by atoms with E-state index >= 15 is 0 Å². The van der Waals surface area contributed by atoms with Crippen molar-refractivity contribution in [3.63, 3.8) is 0 Å². The largest absolute Gasteiger partial charge is 0.364 e. The Bertz CT molecular complexity index is 266. The Morgan fingerprint density at radius 3 is 2.75 bits per heavy atom. The van der Waals surface area contributed by atoms with Gasteiger partial charge in [0.25, 0.3) is 0 Å². The highest BCUT2D eigenvalue weighted by Gasteiger charge is 2.38. The minimum Gasteiger partial charge on any atom is -0.364 e. The molecule has 1 fully saturated rings. The topological polar surface area (TPSA) is 12.5 Å². The first kappa shape index (κ1) is 7.56. The summed E-state index contributed by atoms with van der Waals surface area (Å²) in [6, 6.07) is 10.3. The fourth-order valence-electron chi connectivity index (χ4n) is 1.42. The molecule has 0 spiro atoms. The first-order chi connectivity index (χ1) is 5.92.